The molecule has 2 aromatic carbocycles. The number of carbonyl (C=O) groups excluding carboxylic acids is 2. The number of urea groups is 1. The number of aliphatic hydroxyl groups excluding tert-OH is 1. The van der Waals surface area contributed by atoms with E-state index >= 15 is 0 Å². The van der Waals surface area contributed by atoms with Crippen LogP contribution in [0.5, 0.6) is 0 Å². The van der Waals surface area contributed by atoms with Gasteiger partial charge in [-0.3, -0.25) is 9.78 Å². The number of benzene rings is 2. The van der Waals surface area contributed by atoms with Crippen LogP contribution < -0.4 is 10.2 Å². The first-order valence-electron chi connectivity index (χ1n) is 12.3. The largest absolute Gasteiger partial charge is 0.394 e. The van der Waals surface area contributed by atoms with Gasteiger partial charge in [0.1, 0.15) is 5.69 Å². The number of carbonyl (C=O) groups is 2. The summed E-state index contributed by atoms with van der Waals surface area (Å²) in [6.45, 7) is 0.323. The molecule has 6 rings (SSSR count). The highest BCUT2D eigenvalue weighted by molar-refractivity contribution is 6.31. The van der Waals surface area contributed by atoms with Crippen molar-refractivity contribution in [2.45, 2.75) is 37.8 Å². The van der Waals surface area contributed by atoms with Crippen molar-refractivity contribution in [1.82, 2.24) is 25.3 Å². The summed E-state index contributed by atoms with van der Waals surface area (Å²) >= 11 is 6.71. The number of nitrogens with zero attached hydrogens (tertiary/aromatic N) is 5. The summed E-state index contributed by atoms with van der Waals surface area (Å²) in [5.74, 6) is -0.493. The van der Waals surface area contributed by atoms with Crippen molar-refractivity contribution in [2.75, 3.05) is 11.5 Å². The summed E-state index contributed by atoms with van der Waals surface area (Å²) in [7, 11) is 0. The molecule has 37 heavy (non-hydrogen) atoms. The zero-order valence-corrected chi connectivity index (χ0v) is 20.7. The van der Waals surface area contributed by atoms with Crippen LogP contribution in [0.15, 0.2) is 61.1 Å². The predicted molar refractivity (Wildman–Crippen MR) is 139 cm³/mol. The van der Waals surface area contributed by atoms with Crippen LogP contribution in [0, 0.1) is 5.92 Å². The first-order valence-corrected chi connectivity index (χ1v) is 12.7. The maximum atomic E-state index is 13.6. The lowest BCUT2D eigenvalue weighted by molar-refractivity contribution is -0.124. The fourth-order valence-corrected chi connectivity index (χ4v) is 6.02. The second-order valence-electron chi connectivity index (χ2n) is 9.52. The van der Waals surface area contributed by atoms with E-state index in [0.717, 1.165) is 28.3 Å². The molecule has 2 aliphatic rings. The number of fused-ring (bicyclic) bond motifs is 2. The number of aliphatic hydroxyl groups is 1. The van der Waals surface area contributed by atoms with E-state index < -0.39 is 6.03 Å². The maximum absolute atomic E-state index is 13.6. The normalized spacial score (nSPS) is 21.7. The molecule has 3 atom stereocenters. The molecule has 0 bridgehead atoms. The molecule has 1 aliphatic carbocycles. The van der Waals surface area contributed by atoms with Gasteiger partial charge < -0.3 is 10.4 Å². The van der Waals surface area contributed by atoms with Gasteiger partial charge >= 0.3 is 6.03 Å². The molecular weight excluding hydrogens is 492 g/mol. The molecule has 3 unspecified atom stereocenters. The molecule has 10 heteroatoms. The monoisotopic (exact) mass is 516 g/mol. The van der Waals surface area contributed by atoms with E-state index in [-0.39, 0.29) is 30.4 Å². The third-order valence-electron chi connectivity index (χ3n) is 7.39. The molecule has 4 aromatic rings. The van der Waals surface area contributed by atoms with Crippen LogP contribution in [-0.4, -0.2) is 49.7 Å². The molecule has 0 spiro atoms. The number of hydrogen-bond donors (Lipinski definition) is 2. The lowest BCUT2D eigenvalue weighted by atomic mass is 9.73. The lowest BCUT2D eigenvalue weighted by Crippen LogP contribution is -2.61. The Balaban J connectivity index is 1.29. The molecular formula is C27H25ClN6O3. The minimum atomic E-state index is -0.434. The predicted octanol–water partition coefficient (Wildman–Crippen LogP) is 4.15. The number of pyridine rings is 1. The minimum Gasteiger partial charge on any atom is -0.394 e. The SMILES string of the molecule is O=C1NC2CC(c3c(Cl)cccc3-c3cn(CCO)nn3)CCC2C(=O)N1c1cncc2ccccc12. The van der Waals surface area contributed by atoms with Gasteiger partial charge in [-0.15, -0.1) is 5.10 Å². The van der Waals surface area contributed by atoms with Crippen LogP contribution in [0.1, 0.15) is 30.7 Å². The standard InChI is InChI=1S/C27H25ClN6O3/c28-21-7-3-6-19(23-15-33(10-11-35)32-31-23)25(21)16-8-9-20-22(12-16)30-27(37)34(26(20)36)24-14-29-13-17-4-1-2-5-18(17)24/h1-7,13-16,20,22,35H,8-12H2,(H,30,37). The fraction of sp³-hybridized carbons (Fsp3) is 0.296. The molecule has 3 heterocycles. The molecule has 1 saturated carbocycles. The van der Waals surface area contributed by atoms with Crippen LogP contribution in [-0.2, 0) is 11.3 Å². The summed E-state index contributed by atoms with van der Waals surface area (Å²) in [4.78, 5) is 32.4. The third-order valence-corrected chi connectivity index (χ3v) is 7.72. The smallest absolute Gasteiger partial charge is 0.329 e. The summed E-state index contributed by atoms with van der Waals surface area (Å²) in [6.07, 6.45) is 7.04. The molecule has 2 fully saturated rings. The first kappa shape index (κ1) is 23.6. The van der Waals surface area contributed by atoms with Crippen LogP contribution in [0.3, 0.4) is 0 Å². The number of hydrogen-bond acceptors (Lipinski definition) is 6. The Kier molecular flexibility index (Phi) is 6.10. The third kappa shape index (κ3) is 4.14. The van der Waals surface area contributed by atoms with Crippen molar-refractivity contribution >= 4 is 40.0 Å². The van der Waals surface area contributed by atoms with Gasteiger partial charge in [-0.1, -0.05) is 53.2 Å². The van der Waals surface area contributed by atoms with Gasteiger partial charge in [-0.2, -0.15) is 0 Å². The van der Waals surface area contributed by atoms with E-state index in [1.54, 1.807) is 23.3 Å². The van der Waals surface area contributed by atoms with Crippen molar-refractivity contribution in [3.8, 4) is 11.3 Å². The first-order chi connectivity index (χ1) is 18.0. The molecule has 1 saturated heterocycles. The molecule has 2 aromatic heterocycles. The molecule has 9 nitrogen and oxygen atoms in total. The van der Waals surface area contributed by atoms with Crippen molar-refractivity contribution in [2.24, 2.45) is 5.92 Å². The van der Waals surface area contributed by atoms with E-state index in [4.69, 9.17) is 11.6 Å². The summed E-state index contributed by atoms with van der Waals surface area (Å²) in [5.41, 5.74) is 2.99. The topological polar surface area (TPSA) is 113 Å². The second kappa shape index (κ2) is 9.57. The van der Waals surface area contributed by atoms with E-state index in [2.05, 4.69) is 20.6 Å². The van der Waals surface area contributed by atoms with E-state index in [0.29, 0.717) is 35.8 Å². The molecule has 188 valence electrons. The van der Waals surface area contributed by atoms with Gasteiger partial charge in [0.2, 0.25) is 5.91 Å². The Bertz CT molecular complexity index is 1500. The number of anilines is 1. The highest BCUT2D eigenvalue weighted by Gasteiger charge is 2.46. The highest BCUT2D eigenvalue weighted by atomic mass is 35.5. The number of halogens is 1. The van der Waals surface area contributed by atoms with Crippen molar-refractivity contribution in [1.29, 1.82) is 0 Å². The van der Waals surface area contributed by atoms with Crippen molar-refractivity contribution in [3.63, 3.8) is 0 Å². The van der Waals surface area contributed by atoms with E-state index in [1.807, 2.05) is 42.5 Å². The van der Waals surface area contributed by atoms with Crippen LogP contribution in [0.25, 0.3) is 22.0 Å². The van der Waals surface area contributed by atoms with Crippen LogP contribution >= 0.6 is 11.6 Å². The Morgan fingerprint density at radius 1 is 1.08 bits per heavy atom. The average Bonchev–Trinajstić information content (AvgIpc) is 3.37. The Morgan fingerprint density at radius 2 is 1.95 bits per heavy atom. The van der Waals surface area contributed by atoms with Crippen molar-refractivity contribution in [3.05, 3.63) is 71.6 Å². The van der Waals surface area contributed by atoms with Gasteiger partial charge in [-0.25, -0.2) is 14.4 Å². The Labute approximate surface area is 218 Å². The quantitative estimate of drug-likeness (QED) is 0.412. The zero-order valence-electron chi connectivity index (χ0n) is 19.9. The molecule has 3 amide bonds. The minimum absolute atomic E-state index is 0.0313. The van der Waals surface area contributed by atoms with E-state index in [1.165, 1.54) is 4.90 Å². The average molecular weight is 517 g/mol. The second-order valence-corrected chi connectivity index (χ2v) is 9.92. The van der Waals surface area contributed by atoms with Gasteiger partial charge in [0.05, 0.1) is 37.2 Å². The van der Waals surface area contributed by atoms with Gasteiger partial charge in [0.25, 0.3) is 0 Å². The molecule has 2 N–H and O–H groups in total. The number of aromatic nitrogens is 4. The van der Waals surface area contributed by atoms with Crippen LogP contribution in [0.2, 0.25) is 5.02 Å². The van der Waals surface area contributed by atoms with E-state index in [9.17, 15) is 14.7 Å². The van der Waals surface area contributed by atoms with Gasteiger partial charge in [-0.05, 0) is 36.8 Å². The number of amides is 3. The maximum Gasteiger partial charge on any atom is 0.329 e. The summed E-state index contributed by atoms with van der Waals surface area (Å²) in [6, 6.07) is 12.5. The lowest BCUT2D eigenvalue weighted by Gasteiger charge is -2.42. The van der Waals surface area contributed by atoms with Crippen molar-refractivity contribution < 1.29 is 14.7 Å². The molecule has 0 radical (unpaired) electrons. The Hall–Kier alpha value is -3.82. The number of nitrogens with one attached hydrogen (secondary N) is 1. The summed E-state index contributed by atoms with van der Waals surface area (Å²) < 4.78 is 1.59. The summed E-state index contributed by atoms with van der Waals surface area (Å²) in [5, 5.41) is 23.0. The molecule has 1 aliphatic heterocycles. The van der Waals surface area contributed by atoms with Crippen LogP contribution in [0.4, 0.5) is 10.5 Å². The number of imide groups is 1. The van der Waals surface area contributed by atoms with Gasteiger partial charge in [0, 0.05) is 33.6 Å². The Morgan fingerprint density at radius 3 is 2.81 bits per heavy atom. The zero-order chi connectivity index (χ0) is 25.5. The number of rotatable bonds is 5. The fourth-order valence-electron chi connectivity index (χ4n) is 5.69. The highest BCUT2D eigenvalue weighted by Crippen LogP contribution is 2.44. The van der Waals surface area contributed by atoms with Gasteiger partial charge in [0.15, 0.2) is 0 Å².